The molecule has 1 aliphatic carbocycles. The van der Waals surface area contributed by atoms with Gasteiger partial charge in [-0.2, -0.15) is 13.2 Å². The third-order valence-electron chi connectivity index (χ3n) is 4.88. The second-order valence-corrected chi connectivity index (χ2v) is 9.80. The van der Waals surface area contributed by atoms with Crippen molar-refractivity contribution in [2.24, 2.45) is 0 Å². The van der Waals surface area contributed by atoms with Gasteiger partial charge in [0.1, 0.15) is 0 Å². The maximum atomic E-state index is 13.3. The number of hydrogen-bond acceptors (Lipinski definition) is 4. The number of hydrogen-bond donors (Lipinski definition) is 0. The number of sulfone groups is 1. The zero-order valence-electron chi connectivity index (χ0n) is 14.0. The van der Waals surface area contributed by atoms with E-state index in [0.29, 0.717) is 26.1 Å². The first-order valence-corrected chi connectivity index (χ1v) is 10.9. The number of alkyl halides is 3. The number of benzene rings is 1. The second kappa shape index (κ2) is 7.77. The summed E-state index contributed by atoms with van der Waals surface area (Å²) in [6.45, 7) is 1.24. The SMILES string of the molecule is O=S(=O)(c1ccc(Br)cc1C(F)(F)F)[C@H]1CC[C@H](OC2CCOCC2)C1. The van der Waals surface area contributed by atoms with E-state index in [9.17, 15) is 21.6 Å². The molecular formula is C17H20BrF3O4S. The van der Waals surface area contributed by atoms with Gasteiger partial charge in [-0.05, 0) is 50.3 Å². The van der Waals surface area contributed by atoms with Crippen LogP contribution in [0.3, 0.4) is 0 Å². The smallest absolute Gasteiger partial charge is 0.381 e. The normalized spacial score (nSPS) is 25.5. The average Bonchev–Trinajstić information content (AvgIpc) is 3.04. The van der Waals surface area contributed by atoms with Crippen LogP contribution in [0.5, 0.6) is 0 Å². The van der Waals surface area contributed by atoms with E-state index in [1.807, 2.05) is 0 Å². The Kier molecular flexibility index (Phi) is 6.01. The van der Waals surface area contributed by atoms with E-state index < -0.39 is 31.7 Å². The monoisotopic (exact) mass is 456 g/mol. The maximum Gasteiger partial charge on any atom is 0.417 e. The lowest BCUT2D eigenvalue weighted by Crippen LogP contribution is -2.28. The van der Waals surface area contributed by atoms with Crippen molar-refractivity contribution in [2.45, 2.75) is 60.6 Å². The van der Waals surface area contributed by atoms with E-state index in [1.54, 1.807) is 0 Å². The Morgan fingerprint density at radius 2 is 1.77 bits per heavy atom. The van der Waals surface area contributed by atoms with Crippen LogP contribution >= 0.6 is 15.9 Å². The van der Waals surface area contributed by atoms with Gasteiger partial charge in [0, 0.05) is 17.7 Å². The van der Waals surface area contributed by atoms with E-state index in [2.05, 4.69) is 15.9 Å². The van der Waals surface area contributed by atoms with Crippen LogP contribution in [-0.4, -0.2) is 39.1 Å². The Bertz CT molecular complexity index is 745. The largest absolute Gasteiger partial charge is 0.417 e. The highest BCUT2D eigenvalue weighted by molar-refractivity contribution is 9.10. The van der Waals surface area contributed by atoms with Crippen LogP contribution < -0.4 is 0 Å². The zero-order chi connectivity index (χ0) is 18.9. The van der Waals surface area contributed by atoms with Crippen molar-refractivity contribution in [3.63, 3.8) is 0 Å². The molecule has 0 unspecified atom stereocenters. The predicted molar refractivity (Wildman–Crippen MR) is 92.7 cm³/mol. The van der Waals surface area contributed by atoms with E-state index in [0.717, 1.165) is 25.0 Å². The van der Waals surface area contributed by atoms with E-state index in [1.165, 1.54) is 6.07 Å². The summed E-state index contributed by atoms with van der Waals surface area (Å²) in [5, 5.41) is -0.852. The molecule has 0 bridgehead atoms. The molecule has 1 heterocycles. The molecular weight excluding hydrogens is 437 g/mol. The fourth-order valence-corrected chi connectivity index (χ4v) is 5.92. The maximum absolute atomic E-state index is 13.3. The quantitative estimate of drug-likeness (QED) is 0.675. The molecule has 2 aliphatic rings. The lowest BCUT2D eigenvalue weighted by Gasteiger charge is -2.25. The number of halogens is 4. The molecule has 4 nitrogen and oxygen atoms in total. The summed E-state index contributed by atoms with van der Waals surface area (Å²) in [5.41, 5.74) is -1.12. The summed E-state index contributed by atoms with van der Waals surface area (Å²) in [6.07, 6.45) is -2.33. The van der Waals surface area contributed by atoms with Gasteiger partial charge in [-0.1, -0.05) is 15.9 Å². The molecule has 0 radical (unpaired) electrons. The van der Waals surface area contributed by atoms with Crippen molar-refractivity contribution in [1.29, 1.82) is 0 Å². The van der Waals surface area contributed by atoms with E-state index >= 15 is 0 Å². The highest BCUT2D eigenvalue weighted by Crippen LogP contribution is 2.40. The molecule has 1 aromatic carbocycles. The highest BCUT2D eigenvalue weighted by Gasteiger charge is 2.42. The minimum Gasteiger partial charge on any atom is -0.381 e. The molecule has 1 saturated heterocycles. The van der Waals surface area contributed by atoms with Crippen molar-refractivity contribution in [3.05, 3.63) is 28.2 Å². The minimum absolute atomic E-state index is 0.0358. The standard InChI is InChI=1S/C17H20BrF3O4S/c18-11-1-4-16(15(9-11)17(19,20)21)26(22,23)14-3-2-13(10-14)25-12-5-7-24-8-6-12/h1,4,9,12-14H,2-3,5-8,10H2/t13-,14-/m0/s1. The first-order valence-electron chi connectivity index (χ1n) is 8.52. The van der Waals surface area contributed by atoms with Crippen molar-refractivity contribution >= 4 is 25.8 Å². The molecule has 3 rings (SSSR count). The van der Waals surface area contributed by atoms with Gasteiger partial charge in [0.05, 0.1) is 27.9 Å². The van der Waals surface area contributed by atoms with Gasteiger partial charge in [0.25, 0.3) is 0 Å². The third-order valence-corrected chi connectivity index (χ3v) is 7.65. The van der Waals surface area contributed by atoms with Crippen molar-refractivity contribution in [1.82, 2.24) is 0 Å². The van der Waals surface area contributed by atoms with Crippen LogP contribution in [0.25, 0.3) is 0 Å². The van der Waals surface area contributed by atoms with Gasteiger partial charge >= 0.3 is 6.18 Å². The van der Waals surface area contributed by atoms with Crippen LogP contribution in [0.1, 0.15) is 37.7 Å². The van der Waals surface area contributed by atoms with Gasteiger partial charge in [0.15, 0.2) is 9.84 Å². The summed E-state index contributed by atoms with van der Waals surface area (Å²) < 4.78 is 77.1. The first-order chi connectivity index (χ1) is 12.2. The number of ether oxygens (including phenoxy) is 2. The molecule has 1 aliphatic heterocycles. The topological polar surface area (TPSA) is 52.6 Å². The zero-order valence-corrected chi connectivity index (χ0v) is 16.4. The first kappa shape index (κ1) is 20.1. The average molecular weight is 457 g/mol. The minimum atomic E-state index is -4.73. The van der Waals surface area contributed by atoms with Crippen molar-refractivity contribution in [2.75, 3.05) is 13.2 Å². The van der Waals surface area contributed by atoms with E-state index in [4.69, 9.17) is 9.47 Å². The molecule has 9 heteroatoms. The van der Waals surface area contributed by atoms with Crippen LogP contribution in [0, 0.1) is 0 Å². The molecule has 0 aromatic heterocycles. The van der Waals surface area contributed by atoms with Crippen LogP contribution in [0.2, 0.25) is 0 Å². The van der Waals surface area contributed by atoms with Gasteiger partial charge < -0.3 is 9.47 Å². The molecule has 26 heavy (non-hydrogen) atoms. The van der Waals surface area contributed by atoms with Gasteiger partial charge in [-0.3, -0.25) is 0 Å². The fourth-order valence-electron chi connectivity index (χ4n) is 3.54. The molecule has 146 valence electrons. The van der Waals surface area contributed by atoms with E-state index in [-0.39, 0.29) is 23.1 Å². The summed E-state index contributed by atoms with van der Waals surface area (Å²) >= 11 is 2.98. The molecule has 1 aromatic rings. The molecule has 1 saturated carbocycles. The highest BCUT2D eigenvalue weighted by atomic mass is 79.9. The summed E-state index contributed by atoms with van der Waals surface area (Å²) in [4.78, 5) is -0.648. The Morgan fingerprint density at radius 3 is 2.42 bits per heavy atom. The van der Waals surface area contributed by atoms with Crippen LogP contribution in [0.4, 0.5) is 13.2 Å². The molecule has 2 atom stereocenters. The Balaban J connectivity index is 1.77. The van der Waals surface area contributed by atoms with Gasteiger partial charge in [-0.15, -0.1) is 0 Å². The Morgan fingerprint density at radius 1 is 1.08 bits per heavy atom. The van der Waals surface area contributed by atoms with Crippen molar-refractivity contribution < 1.29 is 31.1 Å². The summed E-state index contributed by atoms with van der Waals surface area (Å²) in [6, 6.07) is 3.18. The van der Waals surface area contributed by atoms with Crippen LogP contribution in [0.15, 0.2) is 27.6 Å². The predicted octanol–water partition coefficient (Wildman–Crippen LogP) is 4.36. The fraction of sp³-hybridized carbons (Fsp3) is 0.647. The van der Waals surface area contributed by atoms with Crippen molar-refractivity contribution in [3.8, 4) is 0 Å². The molecule has 0 spiro atoms. The van der Waals surface area contributed by atoms with Gasteiger partial charge in [-0.25, -0.2) is 8.42 Å². The summed E-state index contributed by atoms with van der Waals surface area (Å²) in [5.74, 6) is 0. The molecule has 0 N–H and O–H groups in total. The van der Waals surface area contributed by atoms with Crippen LogP contribution in [-0.2, 0) is 25.5 Å². The lowest BCUT2D eigenvalue weighted by atomic mass is 10.1. The Hall–Kier alpha value is -0.640. The second-order valence-electron chi connectivity index (χ2n) is 6.69. The molecule has 0 amide bonds. The van der Waals surface area contributed by atoms with Gasteiger partial charge in [0.2, 0.25) is 0 Å². The Labute approximate surface area is 159 Å². The summed E-state index contributed by atoms with van der Waals surface area (Å²) in [7, 11) is -4.09. The lowest BCUT2D eigenvalue weighted by molar-refractivity contribution is -0.139. The third kappa shape index (κ3) is 4.43. The molecule has 2 fully saturated rings. The number of rotatable bonds is 4.